The van der Waals surface area contributed by atoms with Crippen molar-refractivity contribution in [2.24, 2.45) is 11.8 Å². The molecule has 3 rings (SSSR count). The molecule has 1 amide bonds. The van der Waals surface area contributed by atoms with Gasteiger partial charge in [0.1, 0.15) is 10.0 Å². The van der Waals surface area contributed by atoms with Gasteiger partial charge < -0.3 is 15.7 Å². The molecule has 2 aliphatic rings. The van der Waals surface area contributed by atoms with Crippen molar-refractivity contribution in [3.63, 3.8) is 0 Å². The number of aromatic nitrogens is 2. The third kappa shape index (κ3) is 1.86. The maximum absolute atomic E-state index is 10.7. The Balaban J connectivity index is 0.00000120. The highest BCUT2D eigenvalue weighted by atomic mass is 35.5. The van der Waals surface area contributed by atoms with Crippen LogP contribution in [0.4, 0.5) is 4.79 Å². The minimum Gasteiger partial charge on any atom is -0.465 e. The number of halogens is 1. The molecule has 6 nitrogen and oxygen atoms in total. The molecule has 1 aromatic rings. The zero-order chi connectivity index (χ0) is 12.0. The fraction of sp³-hybridized carbons (Fsp3) is 0.700. The lowest BCUT2D eigenvalue weighted by atomic mass is 10.0. The van der Waals surface area contributed by atoms with Gasteiger partial charge in [-0.05, 0) is 31.8 Å². The van der Waals surface area contributed by atoms with E-state index in [1.54, 1.807) is 11.3 Å². The number of fused-ring (bicyclic) bond motifs is 1. The third-order valence-electron chi connectivity index (χ3n) is 3.88. The number of nitrogens with one attached hydrogen (secondary N) is 2. The van der Waals surface area contributed by atoms with E-state index in [1.807, 2.05) is 6.92 Å². The van der Waals surface area contributed by atoms with E-state index >= 15 is 0 Å². The second-order valence-electron chi connectivity index (χ2n) is 4.70. The van der Waals surface area contributed by atoms with Crippen LogP contribution in [-0.2, 0) is 5.41 Å². The summed E-state index contributed by atoms with van der Waals surface area (Å²) < 4.78 is 0. The Morgan fingerprint density at radius 2 is 2.22 bits per heavy atom. The summed E-state index contributed by atoms with van der Waals surface area (Å²) >= 11 is 1.58. The van der Waals surface area contributed by atoms with Crippen LogP contribution in [0.5, 0.6) is 0 Å². The van der Waals surface area contributed by atoms with Crippen molar-refractivity contribution in [1.82, 2.24) is 20.8 Å². The molecule has 1 saturated heterocycles. The molecular formula is C10H15ClN4O2S. The number of carboxylic acid groups (broad SMARTS) is 1. The standard InChI is InChI=1S/C10H14N4O2S.ClH/c1-5-13-14-8(17-5)10(4-12-9(15)16)6-2-11-3-7(6)10;/h6-7,11-12H,2-4H2,1H3,(H,15,16);1H/t6-,7+,10?;. The summed E-state index contributed by atoms with van der Waals surface area (Å²) in [5, 5.41) is 24.8. The molecule has 1 saturated carbocycles. The van der Waals surface area contributed by atoms with Crippen molar-refractivity contribution in [3.8, 4) is 0 Å². The largest absolute Gasteiger partial charge is 0.465 e. The van der Waals surface area contributed by atoms with Gasteiger partial charge in [0, 0.05) is 6.54 Å². The first-order valence-corrected chi connectivity index (χ1v) is 6.44. The monoisotopic (exact) mass is 290 g/mol. The van der Waals surface area contributed by atoms with Gasteiger partial charge in [-0.2, -0.15) is 0 Å². The molecule has 0 bridgehead atoms. The summed E-state index contributed by atoms with van der Waals surface area (Å²) in [4.78, 5) is 10.7. The first-order chi connectivity index (χ1) is 8.14. The smallest absolute Gasteiger partial charge is 0.404 e. The Labute approximate surface area is 115 Å². The van der Waals surface area contributed by atoms with Crippen molar-refractivity contribution >= 4 is 29.8 Å². The highest BCUT2D eigenvalue weighted by molar-refractivity contribution is 7.11. The van der Waals surface area contributed by atoms with Gasteiger partial charge in [0.15, 0.2) is 0 Å². The Morgan fingerprint density at radius 3 is 2.72 bits per heavy atom. The van der Waals surface area contributed by atoms with E-state index in [2.05, 4.69) is 20.8 Å². The van der Waals surface area contributed by atoms with Gasteiger partial charge in [-0.25, -0.2) is 4.79 Å². The second kappa shape index (κ2) is 4.64. The van der Waals surface area contributed by atoms with Crippen LogP contribution < -0.4 is 10.6 Å². The highest BCUT2D eigenvalue weighted by Gasteiger charge is 2.68. The molecule has 1 unspecified atom stereocenters. The van der Waals surface area contributed by atoms with Crippen LogP contribution in [0, 0.1) is 18.8 Å². The summed E-state index contributed by atoms with van der Waals surface area (Å²) in [5.74, 6) is 1.00. The Hall–Kier alpha value is -0.920. The van der Waals surface area contributed by atoms with Crippen molar-refractivity contribution < 1.29 is 9.90 Å². The van der Waals surface area contributed by atoms with Gasteiger partial charge >= 0.3 is 6.09 Å². The third-order valence-corrected chi connectivity index (χ3v) is 4.92. The molecule has 0 radical (unpaired) electrons. The molecule has 8 heteroatoms. The van der Waals surface area contributed by atoms with E-state index in [0.717, 1.165) is 23.1 Å². The summed E-state index contributed by atoms with van der Waals surface area (Å²) in [6.45, 7) is 4.28. The number of rotatable bonds is 3. The number of nitrogens with zero attached hydrogens (tertiary/aromatic N) is 2. The Morgan fingerprint density at radius 1 is 1.56 bits per heavy atom. The van der Waals surface area contributed by atoms with Crippen LogP contribution in [0.1, 0.15) is 10.0 Å². The van der Waals surface area contributed by atoms with Crippen LogP contribution in [0.3, 0.4) is 0 Å². The molecule has 1 aliphatic heterocycles. The lowest BCUT2D eigenvalue weighted by Gasteiger charge is -2.17. The van der Waals surface area contributed by atoms with E-state index in [1.165, 1.54) is 0 Å². The van der Waals surface area contributed by atoms with Gasteiger partial charge in [0.25, 0.3) is 0 Å². The summed E-state index contributed by atoms with van der Waals surface area (Å²) in [7, 11) is 0. The van der Waals surface area contributed by atoms with Gasteiger partial charge in [-0.3, -0.25) is 0 Å². The molecule has 100 valence electrons. The minimum atomic E-state index is -0.969. The average molecular weight is 291 g/mol. The van der Waals surface area contributed by atoms with E-state index in [9.17, 15) is 4.79 Å². The van der Waals surface area contributed by atoms with Crippen LogP contribution in [0.25, 0.3) is 0 Å². The van der Waals surface area contributed by atoms with E-state index in [0.29, 0.717) is 18.4 Å². The normalized spacial score (nSPS) is 32.5. The van der Waals surface area contributed by atoms with Crippen molar-refractivity contribution in [2.45, 2.75) is 12.3 Å². The lowest BCUT2D eigenvalue weighted by Crippen LogP contribution is -2.37. The summed E-state index contributed by atoms with van der Waals surface area (Å²) in [5.41, 5.74) is -0.102. The predicted octanol–water partition coefficient (Wildman–Crippen LogP) is 0.623. The fourth-order valence-electron chi connectivity index (χ4n) is 3.01. The number of piperidine rings is 1. The average Bonchev–Trinajstić information content (AvgIpc) is 2.73. The summed E-state index contributed by atoms with van der Waals surface area (Å²) in [6, 6.07) is 0. The number of carbonyl (C=O) groups is 1. The SMILES string of the molecule is Cc1nnc(C2(CNC(=O)O)[C@@H]3CNC[C@@H]32)s1.Cl. The quantitative estimate of drug-likeness (QED) is 0.760. The molecule has 1 aliphatic carbocycles. The lowest BCUT2D eigenvalue weighted by molar-refractivity contribution is 0.192. The Kier molecular flexibility index (Phi) is 3.48. The molecule has 3 atom stereocenters. The number of amides is 1. The number of aryl methyl sites for hydroxylation is 1. The summed E-state index contributed by atoms with van der Waals surface area (Å²) in [6.07, 6.45) is -0.969. The van der Waals surface area contributed by atoms with Gasteiger partial charge in [0.2, 0.25) is 0 Å². The fourth-order valence-corrected chi connectivity index (χ4v) is 4.02. The van der Waals surface area contributed by atoms with Crippen molar-refractivity contribution in [2.75, 3.05) is 19.6 Å². The molecule has 0 aromatic carbocycles. The molecule has 1 aromatic heterocycles. The maximum atomic E-state index is 10.7. The van der Waals surface area contributed by atoms with E-state index in [-0.39, 0.29) is 17.8 Å². The van der Waals surface area contributed by atoms with E-state index < -0.39 is 6.09 Å². The van der Waals surface area contributed by atoms with Crippen LogP contribution in [-0.4, -0.2) is 41.0 Å². The van der Waals surface area contributed by atoms with E-state index in [4.69, 9.17) is 5.11 Å². The molecule has 2 heterocycles. The van der Waals surface area contributed by atoms with Gasteiger partial charge in [-0.15, -0.1) is 33.9 Å². The van der Waals surface area contributed by atoms with Gasteiger partial charge in [0.05, 0.1) is 5.41 Å². The highest BCUT2D eigenvalue weighted by Crippen LogP contribution is 2.61. The maximum Gasteiger partial charge on any atom is 0.404 e. The van der Waals surface area contributed by atoms with Gasteiger partial charge in [-0.1, -0.05) is 0 Å². The Bertz CT molecular complexity index is 456. The molecule has 18 heavy (non-hydrogen) atoms. The van der Waals surface area contributed by atoms with Crippen molar-refractivity contribution in [3.05, 3.63) is 10.0 Å². The number of hydrogen-bond acceptors (Lipinski definition) is 5. The van der Waals surface area contributed by atoms with Crippen LogP contribution in [0.2, 0.25) is 0 Å². The first kappa shape index (κ1) is 13.5. The topological polar surface area (TPSA) is 87.1 Å². The predicted molar refractivity (Wildman–Crippen MR) is 69.4 cm³/mol. The molecule has 3 N–H and O–H groups in total. The number of hydrogen-bond donors (Lipinski definition) is 3. The molecule has 2 fully saturated rings. The van der Waals surface area contributed by atoms with Crippen LogP contribution in [0.15, 0.2) is 0 Å². The zero-order valence-corrected chi connectivity index (χ0v) is 11.5. The zero-order valence-electron chi connectivity index (χ0n) is 9.84. The first-order valence-electron chi connectivity index (χ1n) is 5.62. The minimum absolute atomic E-state index is 0. The van der Waals surface area contributed by atoms with Crippen molar-refractivity contribution in [1.29, 1.82) is 0 Å². The second-order valence-corrected chi connectivity index (χ2v) is 5.88. The molecular weight excluding hydrogens is 276 g/mol. The van der Waals surface area contributed by atoms with Crippen LogP contribution >= 0.6 is 23.7 Å². The molecule has 0 spiro atoms.